The van der Waals surface area contributed by atoms with E-state index in [1.54, 1.807) is 6.20 Å². The van der Waals surface area contributed by atoms with Gasteiger partial charge in [-0.1, -0.05) is 182 Å². The molecule has 0 bridgehead atoms. The third-order valence-corrected chi connectivity index (χ3v) is 18.1. The molecule has 12 aromatic carbocycles. The van der Waals surface area contributed by atoms with Crippen LogP contribution in [0.4, 0.5) is 0 Å². The topological polar surface area (TPSA) is 74.5 Å². The van der Waals surface area contributed by atoms with Gasteiger partial charge in [0.05, 0.1) is 106 Å². The van der Waals surface area contributed by atoms with Crippen LogP contribution in [0.2, 0.25) is 0 Å². The Hall–Kier alpha value is -11.9. The molecule has 0 aliphatic heterocycles. The van der Waals surface area contributed by atoms with Crippen molar-refractivity contribution in [3.8, 4) is 45.8 Å². The zero-order chi connectivity index (χ0) is 56.3. The molecule has 8 nitrogen and oxygen atoms in total. The van der Waals surface area contributed by atoms with Crippen molar-refractivity contribution in [3.63, 3.8) is 0 Å². The smallest absolute Gasteiger partial charge is 0.145 e. The Kier molecular flexibility index (Phi) is 9.52. The Labute approximate surface area is 490 Å². The van der Waals surface area contributed by atoms with Crippen LogP contribution in [0.1, 0.15) is 5.56 Å². The number of para-hydroxylation sites is 10. The number of rotatable bonds is 6. The normalized spacial score (nSPS) is 12.2. The number of hydrogen-bond donors (Lipinski definition) is 0. The lowest BCUT2D eigenvalue weighted by Gasteiger charge is -2.31. The maximum Gasteiger partial charge on any atom is 0.145 e. The van der Waals surface area contributed by atoms with Gasteiger partial charge in [-0.25, -0.2) is 0 Å². The summed E-state index contributed by atoms with van der Waals surface area (Å²) in [6.07, 6.45) is 1.74. The standard InChI is InChI=1S/C78H45N7O/c79-45-47-41-43-59(80-46-47)72-73(81-60-31-11-1-21-48(60)49-22-2-12-32-61(49)81)75(83-64-35-15-5-25-52(64)53-26-6-16-36-65(53)83)77(85-68-39-19-9-30-58(68)71-69(85)44-42-57-56-29-10-20-40-70(56)86-78(57)71)76(84-66-37-17-7-27-54(66)55-28-8-18-38-67(55)84)74(72)82-62-33-13-3-23-50(62)51-24-4-14-34-63(51)82/h1-44,46H. The maximum atomic E-state index is 10.6. The zero-order valence-corrected chi connectivity index (χ0v) is 46.0. The second-order valence-corrected chi connectivity index (χ2v) is 22.4. The summed E-state index contributed by atoms with van der Waals surface area (Å²) in [6.45, 7) is 0. The van der Waals surface area contributed by atoms with E-state index in [0.29, 0.717) is 11.3 Å². The molecule has 8 heteroatoms. The Morgan fingerprint density at radius 2 is 0.593 bits per heavy atom. The summed E-state index contributed by atoms with van der Waals surface area (Å²) in [5.74, 6) is 0. The number of fused-ring (bicyclic) bond motifs is 19. The Morgan fingerprint density at radius 1 is 0.279 bits per heavy atom. The zero-order valence-electron chi connectivity index (χ0n) is 46.0. The van der Waals surface area contributed by atoms with Gasteiger partial charge in [0.2, 0.25) is 0 Å². The Balaban J connectivity index is 1.21. The summed E-state index contributed by atoms with van der Waals surface area (Å²) in [6, 6.07) is 99.0. The first-order valence-corrected chi connectivity index (χ1v) is 29.1. The molecule has 7 heterocycles. The average molecular weight is 1100 g/mol. The van der Waals surface area contributed by atoms with E-state index in [9.17, 15) is 5.26 Å². The van der Waals surface area contributed by atoms with Crippen molar-refractivity contribution >= 4 is 131 Å². The number of furan rings is 1. The summed E-state index contributed by atoms with van der Waals surface area (Å²) in [4.78, 5) is 5.54. The van der Waals surface area contributed by atoms with Crippen LogP contribution in [0.3, 0.4) is 0 Å². The third kappa shape index (κ3) is 6.16. The number of pyridine rings is 1. The van der Waals surface area contributed by atoms with Crippen LogP contribution in [-0.4, -0.2) is 27.8 Å². The molecule has 0 saturated carbocycles. The van der Waals surface area contributed by atoms with E-state index in [1.807, 2.05) is 6.07 Å². The van der Waals surface area contributed by atoms with E-state index >= 15 is 0 Å². The molecule has 0 unspecified atom stereocenters. The second kappa shape index (κ2) is 17.6. The van der Waals surface area contributed by atoms with Gasteiger partial charge in [0.25, 0.3) is 0 Å². The van der Waals surface area contributed by atoms with Crippen molar-refractivity contribution in [2.24, 2.45) is 0 Å². The predicted octanol–water partition coefficient (Wildman–Crippen LogP) is 20.0. The fraction of sp³-hybridized carbons (Fsp3) is 0. The van der Waals surface area contributed by atoms with Gasteiger partial charge in [-0.2, -0.15) is 5.26 Å². The molecule has 0 aliphatic rings. The quantitative estimate of drug-likeness (QED) is 0.166. The van der Waals surface area contributed by atoms with Crippen LogP contribution in [0.5, 0.6) is 0 Å². The largest absolute Gasteiger partial charge is 0.455 e. The molecule has 0 saturated heterocycles. The highest BCUT2D eigenvalue weighted by Gasteiger charge is 2.37. The van der Waals surface area contributed by atoms with Gasteiger partial charge in [0.15, 0.2) is 0 Å². The fourth-order valence-corrected chi connectivity index (χ4v) is 14.7. The van der Waals surface area contributed by atoms with E-state index in [2.05, 4.69) is 290 Å². The van der Waals surface area contributed by atoms with Gasteiger partial charge in [-0.3, -0.25) is 4.98 Å². The lowest BCUT2D eigenvalue weighted by Crippen LogP contribution is -2.18. The molecule has 0 N–H and O–H groups in total. The summed E-state index contributed by atoms with van der Waals surface area (Å²) < 4.78 is 19.8. The van der Waals surface area contributed by atoms with Crippen LogP contribution < -0.4 is 0 Å². The minimum absolute atomic E-state index is 0.467. The van der Waals surface area contributed by atoms with Crippen molar-refractivity contribution in [2.45, 2.75) is 0 Å². The predicted molar refractivity (Wildman–Crippen MR) is 353 cm³/mol. The van der Waals surface area contributed by atoms with E-state index in [0.717, 1.165) is 165 Å². The molecule has 0 spiro atoms. The van der Waals surface area contributed by atoms with Crippen molar-refractivity contribution in [2.75, 3.05) is 0 Å². The van der Waals surface area contributed by atoms with Crippen molar-refractivity contribution < 1.29 is 4.42 Å². The average Bonchev–Trinajstić information content (AvgIpc) is 1.49. The Bertz CT molecular complexity index is 5700. The van der Waals surface area contributed by atoms with Crippen LogP contribution in [0.15, 0.2) is 278 Å². The van der Waals surface area contributed by atoms with Crippen molar-refractivity contribution in [1.29, 1.82) is 5.26 Å². The van der Waals surface area contributed by atoms with E-state index < -0.39 is 0 Å². The molecule has 0 radical (unpaired) electrons. The van der Waals surface area contributed by atoms with E-state index in [4.69, 9.17) is 9.40 Å². The van der Waals surface area contributed by atoms with Crippen molar-refractivity contribution in [1.82, 2.24) is 27.8 Å². The van der Waals surface area contributed by atoms with Crippen LogP contribution in [0, 0.1) is 11.3 Å². The molecule has 0 fully saturated rings. The van der Waals surface area contributed by atoms with Gasteiger partial charge in [-0.05, 0) is 84.9 Å². The Morgan fingerprint density at radius 3 is 0.965 bits per heavy atom. The molecule has 0 aliphatic carbocycles. The van der Waals surface area contributed by atoms with E-state index in [-0.39, 0.29) is 0 Å². The minimum atomic E-state index is 0.467. The lowest BCUT2D eigenvalue weighted by atomic mass is 9.97. The first-order valence-electron chi connectivity index (χ1n) is 29.1. The monoisotopic (exact) mass is 1100 g/mol. The van der Waals surface area contributed by atoms with Crippen molar-refractivity contribution in [3.05, 3.63) is 279 Å². The van der Waals surface area contributed by atoms with Gasteiger partial charge in [0, 0.05) is 65.4 Å². The molecule has 0 atom stereocenters. The summed E-state index contributed by atoms with van der Waals surface area (Å²) in [7, 11) is 0. The van der Waals surface area contributed by atoms with Crippen LogP contribution >= 0.6 is 0 Å². The molecule has 86 heavy (non-hydrogen) atoms. The SMILES string of the molecule is N#Cc1ccc(-c2c(-n3c4ccccc4c4ccccc43)c(-n3c4ccccc4c4ccccc43)c(-n3c4ccccc4c4c5oc6ccccc6c5ccc43)c(-n3c4ccccc4c4ccccc43)c2-n2c3ccccc3c3ccccc32)nc1. The van der Waals surface area contributed by atoms with Gasteiger partial charge in [-0.15, -0.1) is 0 Å². The number of hydrogen-bond acceptors (Lipinski definition) is 3. The maximum absolute atomic E-state index is 10.6. The van der Waals surface area contributed by atoms with E-state index in [1.165, 1.54) is 0 Å². The number of aromatic nitrogens is 6. The van der Waals surface area contributed by atoms with Gasteiger partial charge >= 0.3 is 0 Å². The molecule has 19 rings (SSSR count). The van der Waals surface area contributed by atoms with Gasteiger partial charge < -0.3 is 27.3 Å². The van der Waals surface area contributed by atoms with Gasteiger partial charge in [0.1, 0.15) is 17.2 Å². The van der Waals surface area contributed by atoms with Crippen LogP contribution in [0.25, 0.3) is 171 Å². The lowest BCUT2D eigenvalue weighted by molar-refractivity contribution is 0.673. The third-order valence-electron chi connectivity index (χ3n) is 18.1. The van der Waals surface area contributed by atoms with Crippen LogP contribution in [-0.2, 0) is 0 Å². The fourth-order valence-electron chi connectivity index (χ4n) is 14.7. The highest BCUT2D eigenvalue weighted by atomic mass is 16.3. The highest BCUT2D eigenvalue weighted by Crippen LogP contribution is 2.54. The molecule has 19 aromatic rings. The molecule has 0 amide bonds. The number of nitrogens with zero attached hydrogens (tertiary/aromatic N) is 7. The minimum Gasteiger partial charge on any atom is -0.455 e. The second-order valence-electron chi connectivity index (χ2n) is 22.4. The molecular weight excluding hydrogens is 1050 g/mol. The first kappa shape index (κ1) is 46.7. The summed E-state index contributed by atoms with van der Waals surface area (Å²) in [5.41, 5.74) is 18.5. The first-order chi connectivity index (χ1) is 42.7. The summed E-state index contributed by atoms with van der Waals surface area (Å²) >= 11 is 0. The number of benzene rings is 12. The highest BCUT2D eigenvalue weighted by molar-refractivity contribution is 6.25. The summed E-state index contributed by atoms with van der Waals surface area (Å²) in [5, 5.41) is 23.8. The molecule has 7 aromatic heterocycles. The number of nitriles is 1. The molecule has 398 valence electrons. The molecular formula is C78H45N7O.